The van der Waals surface area contributed by atoms with Gasteiger partial charge in [-0.05, 0) is 36.5 Å². The van der Waals surface area contributed by atoms with Crippen LogP contribution in [0.5, 0.6) is 0 Å². The maximum atomic E-state index is 13.7. The van der Waals surface area contributed by atoms with E-state index in [1.54, 1.807) is 6.07 Å². The van der Waals surface area contributed by atoms with E-state index in [0.717, 1.165) is 19.3 Å². The standard InChI is InChI=1S/C21H26FNO4S/c1-14-6-5-9-19(15(14)2)23-21(24)20-11-10-17(27-20)13-28(25,26)12-16-7-3-4-8-18(16)22/h3-4,7-8,10-11,14-15,19H,5-6,9,12-13H2,1-2H3,(H,23,24)/t14-,15+,19+/m1/s1. The highest BCUT2D eigenvalue weighted by Gasteiger charge is 2.29. The zero-order chi connectivity index (χ0) is 20.3. The summed E-state index contributed by atoms with van der Waals surface area (Å²) in [4.78, 5) is 12.5. The van der Waals surface area contributed by atoms with Gasteiger partial charge in [0, 0.05) is 11.6 Å². The van der Waals surface area contributed by atoms with Gasteiger partial charge in [0.1, 0.15) is 17.3 Å². The number of rotatable bonds is 6. The molecule has 7 heteroatoms. The Labute approximate surface area is 165 Å². The van der Waals surface area contributed by atoms with Gasteiger partial charge < -0.3 is 9.73 Å². The van der Waals surface area contributed by atoms with Gasteiger partial charge in [0.15, 0.2) is 15.6 Å². The monoisotopic (exact) mass is 407 g/mol. The first-order valence-electron chi connectivity index (χ1n) is 9.58. The first kappa shape index (κ1) is 20.6. The number of halogens is 1. The quantitative estimate of drug-likeness (QED) is 0.783. The molecule has 0 spiro atoms. The molecule has 1 N–H and O–H groups in total. The van der Waals surface area contributed by atoms with Gasteiger partial charge >= 0.3 is 0 Å². The van der Waals surface area contributed by atoms with Gasteiger partial charge in [0.05, 0.1) is 5.75 Å². The van der Waals surface area contributed by atoms with Gasteiger partial charge in [-0.1, -0.05) is 44.9 Å². The Bertz CT molecular complexity index is 937. The van der Waals surface area contributed by atoms with Crippen molar-refractivity contribution in [2.75, 3.05) is 0 Å². The van der Waals surface area contributed by atoms with Crippen molar-refractivity contribution in [3.63, 3.8) is 0 Å². The van der Waals surface area contributed by atoms with Crippen molar-refractivity contribution >= 4 is 15.7 Å². The molecule has 2 aromatic rings. The summed E-state index contributed by atoms with van der Waals surface area (Å²) in [5.41, 5.74) is 0.118. The van der Waals surface area contributed by atoms with E-state index in [1.165, 1.54) is 30.3 Å². The molecule has 1 heterocycles. The van der Waals surface area contributed by atoms with Gasteiger partial charge in [-0.3, -0.25) is 4.79 Å². The van der Waals surface area contributed by atoms with Crippen molar-refractivity contribution in [1.82, 2.24) is 5.32 Å². The van der Waals surface area contributed by atoms with Crippen molar-refractivity contribution < 1.29 is 22.0 Å². The highest BCUT2D eigenvalue weighted by atomic mass is 32.2. The summed E-state index contributed by atoms with van der Waals surface area (Å²) in [5, 5.41) is 3.01. The van der Waals surface area contributed by atoms with Gasteiger partial charge in [0.2, 0.25) is 0 Å². The molecule has 3 rings (SSSR count). The molecule has 1 saturated carbocycles. The minimum atomic E-state index is -3.63. The van der Waals surface area contributed by atoms with Crippen LogP contribution in [0.2, 0.25) is 0 Å². The third-order valence-electron chi connectivity index (χ3n) is 5.60. The fourth-order valence-electron chi connectivity index (χ4n) is 3.72. The molecule has 3 atom stereocenters. The molecule has 1 aliphatic rings. The topological polar surface area (TPSA) is 76.4 Å². The molecule has 0 saturated heterocycles. The first-order valence-corrected chi connectivity index (χ1v) is 11.4. The fourth-order valence-corrected chi connectivity index (χ4v) is 5.12. The van der Waals surface area contributed by atoms with E-state index >= 15 is 0 Å². The van der Waals surface area contributed by atoms with E-state index in [9.17, 15) is 17.6 Å². The summed E-state index contributed by atoms with van der Waals surface area (Å²) in [6, 6.07) is 8.84. The van der Waals surface area contributed by atoms with Crippen molar-refractivity contribution in [2.24, 2.45) is 11.8 Å². The molecule has 0 bridgehead atoms. The predicted molar refractivity (Wildman–Crippen MR) is 105 cm³/mol. The molecule has 0 aliphatic heterocycles. The number of nitrogens with one attached hydrogen (secondary N) is 1. The Morgan fingerprint density at radius 2 is 1.89 bits per heavy atom. The maximum absolute atomic E-state index is 13.7. The lowest BCUT2D eigenvalue weighted by Gasteiger charge is -2.34. The molecule has 0 unspecified atom stereocenters. The molecule has 1 amide bonds. The van der Waals surface area contributed by atoms with Gasteiger partial charge in [-0.2, -0.15) is 0 Å². The third kappa shape index (κ3) is 5.01. The smallest absolute Gasteiger partial charge is 0.287 e. The minimum absolute atomic E-state index is 0.0922. The summed E-state index contributed by atoms with van der Waals surface area (Å²) >= 11 is 0. The molecule has 1 aromatic heterocycles. The minimum Gasteiger partial charge on any atom is -0.455 e. The summed E-state index contributed by atoms with van der Waals surface area (Å²) < 4.78 is 43.9. The van der Waals surface area contributed by atoms with Crippen LogP contribution < -0.4 is 5.32 Å². The summed E-state index contributed by atoms with van der Waals surface area (Å²) in [6.07, 6.45) is 3.17. The second-order valence-electron chi connectivity index (χ2n) is 7.74. The largest absolute Gasteiger partial charge is 0.455 e. The Hall–Kier alpha value is -2.15. The van der Waals surface area contributed by atoms with Crippen LogP contribution in [0.25, 0.3) is 0 Å². The van der Waals surface area contributed by atoms with E-state index in [2.05, 4.69) is 19.2 Å². The zero-order valence-corrected chi connectivity index (χ0v) is 17.0. The van der Waals surface area contributed by atoms with E-state index in [4.69, 9.17) is 4.42 Å². The van der Waals surface area contributed by atoms with Crippen LogP contribution in [0.4, 0.5) is 4.39 Å². The number of carbonyl (C=O) groups is 1. The van der Waals surface area contributed by atoms with E-state index in [1.807, 2.05) is 0 Å². The molecule has 152 valence electrons. The second kappa shape index (κ2) is 8.47. The van der Waals surface area contributed by atoms with Crippen LogP contribution in [0.1, 0.15) is 55.0 Å². The Morgan fingerprint density at radius 3 is 2.64 bits per heavy atom. The van der Waals surface area contributed by atoms with E-state index in [0.29, 0.717) is 11.8 Å². The molecular formula is C21H26FNO4S. The van der Waals surface area contributed by atoms with Gasteiger partial charge in [-0.25, -0.2) is 12.8 Å². The number of sulfone groups is 1. The summed E-state index contributed by atoms with van der Waals surface area (Å²) in [5.74, 6) is -0.480. The number of hydrogen-bond donors (Lipinski definition) is 1. The van der Waals surface area contributed by atoms with Gasteiger partial charge in [0.25, 0.3) is 5.91 Å². The number of furan rings is 1. The average molecular weight is 408 g/mol. The zero-order valence-electron chi connectivity index (χ0n) is 16.2. The molecule has 5 nitrogen and oxygen atoms in total. The van der Waals surface area contributed by atoms with Crippen LogP contribution in [0.15, 0.2) is 40.8 Å². The summed E-state index contributed by atoms with van der Waals surface area (Å²) in [7, 11) is -3.63. The number of carbonyl (C=O) groups excluding carboxylic acids is 1. The number of amides is 1. The Kier molecular flexibility index (Phi) is 6.23. The highest BCUT2D eigenvalue weighted by molar-refractivity contribution is 7.89. The molecule has 1 aromatic carbocycles. The molecule has 1 fully saturated rings. The number of hydrogen-bond acceptors (Lipinski definition) is 4. The van der Waals surface area contributed by atoms with E-state index in [-0.39, 0.29) is 34.8 Å². The lowest BCUT2D eigenvalue weighted by molar-refractivity contribution is 0.0861. The Morgan fingerprint density at radius 1 is 1.14 bits per heavy atom. The molecular weight excluding hydrogens is 381 g/mol. The third-order valence-corrected chi connectivity index (χ3v) is 7.08. The second-order valence-corrected chi connectivity index (χ2v) is 9.80. The normalized spacial score (nSPS) is 22.8. The molecule has 0 radical (unpaired) electrons. The molecule has 28 heavy (non-hydrogen) atoms. The van der Waals surface area contributed by atoms with Crippen molar-refractivity contribution in [2.45, 2.75) is 50.7 Å². The summed E-state index contributed by atoms with van der Waals surface area (Å²) in [6.45, 7) is 4.33. The van der Waals surface area contributed by atoms with Crippen LogP contribution in [-0.4, -0.2) is 20.4 Å². The fraction of sp³-hybridized carbons (Fsp3) is 0.476. The highest BCUT2D eigenvalue weighted by Crippen LogP contribution is 2.29. The average Bonchev–Trinajstić information content (AvgIpc) is 3.08. The molecule has 1 aliphatic carbocycles. The van der Waals surface area contributed by atoms with Crippen LogP contribution in [0, 0.1) is 17.7 Å². The Balaban J connectivity index is 1.63. The van der Waals surface area contributed by atoms with Crippen LogP contribution >= 0.6 is 0 Å². The predicted octanol–water partition coefficient (Wildman–Crippen LogP) is 4.09. The lowest BCUT2D eigenvalue weighted by atomic mass is 9.78. The first-order chi connectivity index (χ1) is 13.2. The lowest BCUT2D eigenvalue weighted by Crippen LogP contribution is -2.43. The van der Waals surface area contributed by atoms with Crippen molar-refractivity contribution in [3.8, 4) is 0 Å². The van der Waals surface area contributed by atoms with Crippen LogP contribution in [-0.2, 0) is 21.3 Å². The van der Waals surface area contributed by atoms with Crippen molar-refractivity contribution in [3.05, 3.63) is 59.3 Å². The van der Waals surface area contributed by atoms with Crippen molar-refractivity contribution in [1.29, 1.82) is 0 Å². The SMILES string of the molecule is C[C@H]1[C@H](C)CCC[C@@H]1NC(=O)c1ccc(CS(=O)(=O)Cc2ccccc2F)o1. The van der Waals surface area contributed by atoms with Gasteiger partial charge in [-0.15, -0.1) is 0 Å². The number of benzene rings is 1. The maximum Gasteiger partial charge on any atom is 0.287 e. The van der Waals surface area contributed by atoms with E-state index < -0.39 is 21.4 Å². The van der Waals surface area contributed by atoms with Crippen LogP contribution in [0.3, 0.4) is 0 Å².